The second-order valence-electron chi connectivity index (χ2n) is 8.80. The van der Waals surface area contributed by atoms with Crippen molar-refractivity contribution in [2.24, 2.45) is 12.0 Å². The molecule has 2 heterocycles. The Balaban J connectivity index is 1.67. The maximum atomic E-state index is 13.8. The van der Waals surface area contributed by atoms with Crippen LogP contribution in [-0.4, -0.2) is 15.6 Å². The third-order valence-electron chi connectivity index (χ3n) is 6.63. The molecule has 1 amide bonds. The minimum Gasteiger partial charge on any atom is -0.350 e. The summed E-state index contributed by atoms with van der Waals surface area (Å²) >= 11 is 1.44. The molecule has 5 heteroatoms. The number of aromatic nitrogens is 1. The Bertz CT molecular complexity index is 1510. The smallest absolute Gasteiger partial charge is 0.271 e. The number of hydrogen-bond donors (Lipinski definition) is 0. The van der Waals surface area contributed by atoms with Crippen LogP contribution in [0.25, 0.3) is 17.0 Å². The van der Waals surface area contributed by atoms with Crippen molar-refractivity contribution in [2.45, 2.75) is 27.7 Å². The summed E-state index contributed by atoms with van der Waals surface area (Å²) in [4.78, 5) is 21.3. The molecule has 3 aromatic carbocycles. The molecule has 0 atom stereocenters. The first-order chi connectivity index (χ1) is 16.3. The third kappa shape index (κ3) is 3.76. The number of carbonyl (C=O) groups is 1. The van der Waals surface area contributed by atoms with Crippen molar-refractivity contribution in [1.29, 1.82) is 0 Å². The first kappa shape index (κ1) is 22.2. The highest BCUT2D eigenvalue weighted by atomic mass is 32.2. The van der Waals surface area contributed by atoms with Crippen molar-refractivity contribution in [2.75, 3.05) is 4.90 Å². The van der Waals surface area contributed by atoms with E-state index < -0.39 is 0 Å². The Kier molecular flexibility index (Phi) is 5.66. The van der Waals surface area contributed by atoms with E-state index in [4.69, 9.17) is 4.99 Å². The van der Waals surface area contributed by atoms with Gasteiger partial charge in [-0.05, 0) is 86.0 Å². The average Bonchev–Trinajstić information content (AvgIpc) is 3.30. The number of nitrogens with zero attached hydrogens (tertiary/aromatic N) is 3. The molecular formula is C29H27N3OS. The maximum absolute atomic E-state index is 13.8. The van der Waals surface area contributed by atoms with Crippen LogP contribution in [0.15, 0.2) is 76.8 Å². The van der Waals surface area contributed by atoms with Crippen molar-refractivity contribution >= 4 is 51.2 Å². The van der Waals surface area contributed by atoms with E-state index in [0.29, 0.717) is 10.1 Å². The highest BCUT2D eigenvalue weighted by Gasteiger charge is 2.36. The molecular weight excluding hydrogens is 438 g/mol. The lowest BCUT2D eigenvalue weighted by molar-refractivity contribution is -0.113. The number of thioether (sulfide) groups is 1. The van der Waals surface area contributed by atoms with E-state index in [9.17, 15) is 4.79 Å². The lowest BCUT2D eigenvalue weighted by Gasteiger charge is -2.19. The second kappa shape index (κ2) is 8.65. The van der Waals surface area contributed by atoms with E-state index in [0.717, 1.165) is 44.5 Å². The predicted molar refractivity (Wildman–Crippen MR) is 145 cm³/mol. The summed E-state index contributed by atoms with van der Waals surface area (Å²) in [6, 6.07) is 20.4. The van der Waals surface area contributed by atoms with Crippen LogP contribution < -0.4 is 4.90 Å². The molecule has 1 aliphatic heterocycles. The van der Waals surface area contributed by atoms with Gasteiger partial charge < -0.3 is 4.57 Å². The number of aryl methyl sites for hydroxylation is 3. The number of amidine groups is 1. The summed E-state index contributed by atoms with van der Waals surface area (Å²) in [5.41, 5.74) is 8.46. The molecule has 1 aliphatic rings. The normalized spacial score (nSPS) is 16.4. The zero-order valence-corrected chi connectivity index (χ0v) is 20.9. The first-order valence-electron chi connectivity index (χ1n) is 11.3. The maximum Gasteiger partial charge on any atom is 0.271 e. The fourth-order valence-electron chi connectivity index (χ4n) is 4.33. The largest absolute Gasteiger partial charge is 0.350 e. The van der Waals surface area contributed by atoms with Crippen LogP contribution in [0, 0.1) is 27.7 Å². The summed E-state index contributed by atoms with van der Waals surface area (Å²) in [5, 5.41) is 1.81. The zero-order valence-electron chi connectivity index (χ0n) is 20.1. The summed E-state index contributed by atoms with van der Waals surface area (Å²) < 4.78 is 2.10. The molecule has 0 N–H and O–H groups in total. The topological polar surface area (TPSA) is 37.6 Å². The molecule has 34 heavy (non-hydrogen) atoms. The van der Waals surface area contributed by atoms with E-state index in [-0.39, 0.29) is 5.91 Å². The van der Waals surface area contributed by atoms with Gasteiger partial charge in [0.1, 0.15) is 0 Å². The number of para-hydroxylation sites is 1. The number of carbonyl (C=O) groups excluding carboxylic acids is 1. The monoisotopic (exact) mass is 465 g/mol. The molecule has 0 bridgehead atoms. The van der Waals surface area contributed by atoms with Gasteiger partial charge in [0.15, 0.2) is 5.17 Å². The Morgan fingerprint density at radius 3 is 2.35 bits per heavy atom. The molecule has 0 saturated carbocycles. The molecule has 170 valence electrons. The molecule has 1 aromatic heterocycles. The molecule has 0 unspecified atom stereocenters. The van der Waals surface area contributed by atoms with Crippen LogP contribution >= 0.6 is 11.8 Å². The number of benzene rings is 3. The molecule has 4 nitrogen and oxygen atoms in total. The van der Waals surface area contributed by atoms with Gasteiger partial charge in [0.2, 0.25) is 0 Å². The summed E-state index contributed by atoms with van der Waals surface area (Å²) in [7, 11) is 2.03. The Morgan fingerprint density at radius 1 is 0.853 bits per heavy atom. The van der Waals surface area contributed by atoms with Gasteiger partial charge in [-0.15, -0.1) is 0 Å². The fourth-order valence-corrected chi connectivity index (χ4v) is 5.31. The lowest BCUT2D eigenvalue weighted by Crippen LogP contribution is -2.29. The van der Waals surface area contributed by atoms with Gasteiger partial charge in [0.05, 0.1) is 16.3 Å². The minimum atomic E-state index is -0.0457. The molecule has 1 saturated heterocycles. The van der Waals surface area contributed by atoms with Crippen molar-refractivity contribution in [3.63, 3.8) is 0 Å². The van der Waals surface area contributed by atoms with Crippen LogP contribution in [0.2, 0.25) is 0 Å². The van der Waals surface area contributed by atoms with Gasteiger partial charge >= 0.3 is 0 Å². The number of fused-ring (bicyclic) bond motifs is 1. The van der Waals surface area contributed by atoms with Crippen LogP contribution in [0.5, 0.6) is 0 Å². The Labute approximate surface area is 204 Å². The number of rotatable bonds is 3. The van der Waals surface area contributed by atoms with Crippen LogP contribution in [0.4, 0.5) is 11.4 Å². The standard InChI is InChI=1S/C29H27N3OS/c1-18-10-8-13-24(20(18)3)30-29-32(25-15-9-11-19(2)21(25)4)28(33)27(34-29)16-22-17-31(5)26-14-7-6-12-23(22)26/h6-17H,1-5H3/b27-16-,30-29?. The van der Waals surface area contributed by atoms with Crippen molar-refractivity contribution in [3.8, 4) is 0 Å². The van der Waals surface area contributed by atoms with E-state index >= 15 is 0 Å². The van der Waals surface area contributed by atoms with E-state index in [1.165, 1.54) is 17.3 Å². The quantitative estimate of drug-likeness (QED) is 0.300. The Morgan fingerprint density at radius 2 is 1.56 bits per heavy atom. The van der Waals surface area contributed by atoms with Gasteiger partial charge in [-0.2, -0.15) is 0 Å². The van der Waals surface area contributed by atoms with Gasteiger partial charge in [0.25, 0.3) is 5.91 Å². The van der Waals surface area contributed by atoms with Gasteiger partial charge in [0, 0.05) is 29.7 Å². The summed E-state index contributed by atoms with van der Waals surface area (Å²) in [6.45, 7) is 8.29. The number of amides is 1. The molecule has 0 spiro atoms. The van der Waals surface area contributed by atoms with Gasteiger partial charge in [-0.25, -0.2) is 4.99 Å². The molecule has 4 aromatic rings. The van der Waals surface area contributed by atoms with Crippen molar-refractivity contribution < 1.29 is 4.79 Å². The van der Waals surface area contributed by atoms with Crippen LogP contribution in [-0.2, 0) is 11.8 Å². The van der Waals surface area contributed by atoms with Crippen LogP contribution in [0.1, 0.15) is 27.8 Å². The highest BCUT2D eigenvalue weighted by molar-refractivity contribution is 8.19. The highest BCUT2D eigenvalue weighted by Crippen LogP contribution is 2.40. The predicted octanol–water partition coefficient (Wildman–Crippen LogP) is 7.22. The number of aliphatic imine (C=N–C) groups is 1. The summed E-state index contributed by atoms with van der Waals surface area (Å²) in [5.74, 6) is -0.0457. The van der Waals surface area contributed by atoms with Gasteiger partial charge in [-0.3, -0.25) is 9.69 Å². The van der Waals surface area contributed by atoms with E-state index in [1.54, 1.807) is 4.90 Å². The average molecular weight is 466 g/mol. The van der Waals surface area contributed by atoms with E-state index in [2.05, 4.69) is 62.7 Å². The SMILES string of the molecule is Cc1cccc(N=C2S/C(=C\c3cn(C)c4ccccc34)C(=O)N2c2cccc(C)c2C)c1C. The number of hydrogen-bond acceptors (Lipinski definition) is 3. The number of anilines is 1. The summed E-state index contributed by atoms with van der Waals surface area (Å²) in [6.07, 6.45) is 4.08. The zero-order chi connectivity index (χ0) is 24.0. The van der Waals surface area contributed by atoms with Crippen molar-refractivity contribution in [3.05, 3.63) is 99.6 Å². The minimum absolute atomic E-state index is 0.0457. The Hall–Kier alpha value is -3.57. The first-order valence-corrected chi connectivity index (χ1v) is 12.2. The van der Waals surface area contributed by atoms with Crippen molar-refractivity contribution in [1.82, 2.24) is 4.57 Å². The van der Waals surface area contributed by atoms with Gasteiger partial charge in [-0.1, -0.05) is 42.5 Å². The molecule has 0 aliphatic carbocycles. The molecule has 5 rings (SSSR count). The fraction of sp³-hybridized carbons (Fsp3) is 0.172. The second-order valence-corrected chi connectivity index (χ2v) is 9.81. The van der Waals surface area contributed by atoms with Crippen LogP contribution in [0.3, 0.4) is 0 Å². The van der Waals surface area contributed by atoms with E-state index in [1.807, 2.05) is 49.5 Å². The molecule has 1 fully saturated rings. The molecule has 0 radical (unpaired) electrons. The lowest BCUT2D eigenvalue weighted by atomic mass is 10.1. The third-order valence-corrected chi connectivity index (χ3v) is 7.60.